The molecule has 0 aromatic rings. The van der Waals surface area contributed by atoms with Gasteiger partial charge in [-0.2, -0.15) is 0 Å². The Hall–Kier alpha value is -1.94. The monoisotopic (exact) mass is 1340 g/mol. The van der Waals surface area contributed by atoms with E-state index in [-0.39, 0.29) is 25.7 Å². The van der Waals surface area contributed by atoms with E-state index in [4.69, 9.17) is 37.0 Å². The number of hydrogen-bond donors (Lipinski definition) is 3. The largest absolute Gasteiger partial charge is 0.472 e. The molecule has 0 heterocycles. The van der Waals surface area contributed by atoms with E-state index in [1.807, 2.05) is 0 Å². The van der Waals surface area contributed by atoms with Crippen molar-refractivity contribution in [3.63, 3.8) is 0 Å². The molecule has 0 saturated carbocycles. The van der Waals surface area contributed by atoms with Crippen LogP contribution in [0.5, 0.6) is 0 Å². The van der Waals surface area contributed by atoms with E-state index in [2.05, 4.69) is 41.5 Å². The Kier molecular flexibility index (Phi) is 62.7. The van der Waals surface area contributed by atoms with Gasteiger partial charge in [0.25, 0.3) is 0 Å². The summed E-state index contributed by atoms with van der Waals surface area (Å²) in [6.45, 7) is 9.51. The van der Waals surface area contributed by atoms with Gasteiger partial charge >= 0.3 is 39.5 Å². The summed E-state index contributed by atoms with van der Waals surface area (Å²) in [6.07, 6.45) is 50.2. The topological polar surface area (TPSA) is 237 Å². The van der Waals surface area contributed by atoms with Gasteiger partial charge in [0, 0.05) is 25.7 Å². The number of hydrogen-bond acceptors (Lipinski definition) is 15. The standard InChI is InChI=1S/C72H140O17P2/c1-7-10-12-14-16-17-18-25-29-32-36-43-49-55-70(75)83-61-67(88-71(76)56-50-44-37-33-30-27-24-22-20-19-21-23-26-28-31-35-40-46-52-64(4)5)62-86-90(78,79)84-58-66(73)59-85-91(80,81)87-63-68(60-82-69(74)54-48-42-34-15-13-11-8-2)89-72(77)57-51-45-39-38-41-47-53-65(6)9-3/h64-68,73H,7-63H2,1-6H3,(H,78,79)(H,80,81)/t65?,66-,67-,68-/m1/s1. The third-order valence-corrected chi connectivity index (χ3v) is 19.0. The first-order valence-corrected chi connectivity index (χ1v) is 40.5. The molecule has 540 valence electrons. The van der Waals surface area contributed by atoms with Crippen LogP contribution in [0.2, 0.25) is 0 Å². The van der Waals surface area contributed by atoms with Crippen molar-refractivity contribution in [2.75, 3.05) is 39.6 Å². The fourth-order valence-corrected chi connectivity index (χ4v) is 12.5. The third-order valence-electron chi connectivity index (χ3n) is 17.1. The number of carbonyl (C=O) groups is 4. The van der Waals surface area contributed by atoms with Crippen molar-refractivity contribution < 1.29 is 80.2 Å². The van der Waals surface area contributed by atoms with Gasteiger partial charge in [-0.3, -0.25) is 37.3 Å². The van der Waals surface area contributed by atoms with Crippen molar-refractivity contribution in [2.45, 2.75) is 387 Å². The molecule has 17 nitrogen and oxygen atoms in total. The number of esters is 4. The summed E-state index contributed by atoms with van der Waals surface area (Å²) < 4.78 is 68.2. The minimum absolute atomic E-state index is 0.103. The highest BCUT2D eigenvalue weighted by atomic mass is 31.2. The fraction of sp³-hybridized carbons (Fsp3) is 0.944. The van der Waals surface area contributed by atoms with Crippen molar-refractivity contribution >= 4 is 39.5 Å². The Labute approximate surface area is 556 Å². The van der Waals surface area contributed by atoms with Crippen LogP contribution in [0, 0.1) is 11.8 Å². The molecule has 0 aliphatic carbocycles. The number of aliphatic hydroxyl groups excluding tert-OH is 1. The number of phosphoric acid groups is 2. The van der Waals surface area contributed by atoms with Crippen LogP contribution in [0.15, 0.2) is 0 Å². The Morgan fingerprint density at radius 2 is 0.560 bits per heavy atom. The van der Waals surface area contributed by atoms with Crippen molar-refractivity contribution in [2.24, 2.45) is 11.8 Å². The van der Waals surface area contributed by atoms with Gasteiger partial charge in [0.1, 0.15) is 19.3 Å². The molecule has 0 rings (SSSR count). The number of rotatable bonds is 71. The van der Waals surface area contributed by atoms with Gasteiger partial charge in [0.05, 0.1) is 26.4 Å². The lowest BCUT2D eigenvalue weighted by Crippen LogP contribution is -2.30. The molecule has 0 aromatic carbocycles. The second-order valence-corrected chi connectivity index (χ2v) is 29.6. The van der Waals surface area contributed by atoms with E-state index in [9.17, 15) is 43.2 Å². The first kappa shape index (κ1) is 89.1. The van der Waals surface area contributed by atoms with Crippen LogP contribution in [-0.4, -0.2) is 96.7 Å². The molecule has 3 N–H and O–H groups in total. The van der Waals surface area contributed by atoms with E-state index in [0.717, 1.165) is 115 Å². The molecule has 0 radical (unpaired) electrons. The highest BCUT2D eigenvalue weighted by Gasteiger charge is 2.30. The van der Waals surface area contributed by atoms with Gasteiger partial charge in [-0.25, -0.2) is 9.13 Å². The third kappa shape index (κ3) is 65.1. The number of phosphoric ester groups is 2. The van der Waals surface area contributed by atoms with Crippen LogP contribution in [0.25, 0.3) is 0 Å². The maximum atomic E-state index is 13.0. The Balaban J connectivity index is 5.15. The lowest BCUT2D eigenvalue weighted by atomic mass is 10.00. The van der Waals surface area contributed by atoms with Gasteiger partial charge in [0.2, 0.25) is 0 Å². The summed E-state index contributed by atoms with van der Waals surface area (Å²) >= 11 is 0. The zero-order valence-corrected chi connectivity index (χ0v) is 60.9. The molecular formula is C72H140O17P2. The quantitative estimate of drug-likeness (QED) is 0.0222. The molecule has 19 heteroatoms. The van der Waals surface area contributed by atoms with Gasteiger partial charge in [-0.05, 0) is 37.5 Å². The SMILES string of the molecule is CCCCCCCCCCCCCCCC(=O)OC[C@H](COP(=O)(O)OC[C@@H](O)COP(=O)(O)OC[C@@H](COC(=O)CCCCCCCCC)OC(=O)CCCCCCCCC(C)CC)OC(=O)CCCCCCCCCCCCCCCCCCCCC(C)C. The summed E-state index contributed by atoms with van der Waals surface area (Å²) in [5.74, 6) is -0.588. The summed E-state index contributed by atoms with van der Waals surface area (Å²) in [5.41, 5.74) is 0. The van der Waals surface area contributed by atoms with Gasteiger partial charge < -0.3 is 33.8 Å². The zero-order chi connectivity index (χ0) is 67.2. The molecule has 0 saturated heterocycles. The molecule has 0 spiro atoms. The van der Waals surface area contributed by atoms with E-state index in [1.54, 1.807) is 0 Å². The molecule has 0 aliphatic rings. The Bertz CT molecular complexity index is 1770. The number of carbonyl (C=O) groups excluding carboxylic acids is 4. The summed E-state index contributed by atoms with van der Waals surface area (Å²) in [7, 11) is -9.90. The lowest BCUT2D eigenvalue weighted by molar-refractivity contribution is -0.161. The van der Waals surface area contributed by atoms with E-state index < -0.39 is 97.5 Å². The van der Waals surface area contributed by atoms with Gasteiger partial charge in [0.15, 0.2) is 12.2 Å². The molecule has 6 atom stereocenters. The Morgan fingerprint density at radius 1 is 0.319 bits per heavy atom. The highest BCUT2D eigenvalue weighted by Crippen LogP contribution is 2.45. The average molecular weight is 1340 g/mol. The average Bonchev–Trinajstić information content (AvgIpc) is 3.31. The molecular weight excluding hydrogens is 1200 g/mol. The van der Waals surface area contributed by atoms with E-state index >= 15 is 0 Å². The van der Waals surface area contributed by atoms with Crippen molar-refractivity contribution in [1.82, 2.24) is 0 Å². The minimum atomic E-state index is -4.95. The van der Waals surface area contributed by atoms with Crippen LogP contribution in [0.1, 0.15) is 369 Å². The van der Waals surface area contributed by atoms with Crippen molar-refractivity contribution in [3.8, 4) is 0 Å². The van der Waals surface area contributed by atoms with Crippen LogP contribution in [0.3, 0.4) is 0 Å². The van der Waals surface area contributed by atoms with E-state index in [1.165, 1.54) is 173 Å². The second kappa shape index (κ2) is 64.1. The fourth-order valence-electron chi connectivity index (χ4n) is 10.9. The van der Waals surface area contributed by atoms with E-state index in [0.29, 0.717) is 25.7 Å². The molecule has 3 unspecified atom stereocenters. The molecule has 0 bridgehead atoms. The maximum absolute atomic E-state index is 13.0. The first-order chi connectivity index (χ1) is 43.9. The van der Waals surface area contributed by atoms with Crippen LogP contribution >= 0.6 is 15.6 Å². The summed E-state index contributed by atoms with van der Waals surface area (Å²) in [6, 6.07) is 0. The number of ether oxygens (including phenoxy) is 4. The molecule has 0 aliphatic heterocycles. The predicted molar refractivity (Wildman–Crippen MR) is 368 cm³/mol. The number of unbranched alkanes of at least 4 members (excludes halogenated alkanes) is 40. The van der Waals surface area contributed by atoms with Crippen molar-refractivity contribution in [3.05, 3.63) is 0 Å². The predicted octanol–water partition coefficient (Wildman–Crippen LogP) is 20.8. The summed E-state index contributed by atoms with van der Waals surface area (Å²) in [5, 5.41) is 10.6. The van der Waals surface area contributed by atoms with Crippen molar-refractivity contribution in [1.29, 1.82) is 0 Å². The summed E-state index contributed by atoms with van der Waals surface area (Å²) in [4.78, 5) is 72.4. The van der Waals surface area contributed by atoms with Crippen LogP contribution in [0.4, 0.5) is 0 Å². The molecule has 0 aromatic heterocycles. The van der Waals surface area contributed by atoms with Gasteiger partial charge in [-0.15, -0.1) is 0 Å². The molecule has 0 fully saturated rings. The zero-order valence-electron chi connectivity index (χ0n) is 59.1. The Morgan fingerprint density at radius 3 is 0.835 bits per heavy atom. The second-order valence-electron chi connectivity index (χ2n) is 26.7. The minimum Gasteiger partial charge on any atom is -0.462 e. The smallest absolute Gasteiger partial charge is 0.462 e. The van der Waals surface area contributed by atoms with Gasteiger partial charge in [-0.1, -0.05) is 318 Å². The molecule has 0 amide bonds. The lowest BCUT2D eigenvalue weighted by Gasteiger charge is -2.21. The first-order valence-electron chi connectivity index (χ1n) is 37.5. The normalized spacial score (nSPS) is 14.4. The number of aliphatic hydroxyl groups is 1. The maximum Gasteiger partial charge on any atom is 0.472 e. The van der Waals surface area contributed by atoms with Crippen LogP contribution < -0.4 is 0 Å². The van der Waals surface area contributed by atoms with Crippen LogP contribution in [-0.2, 0) is 65.4 Å². The highest BCUT2D eigenvalue weighted by molar-refractivity contribution is 7.47. The molecule has 91 heavy (non-hydrogen) atoms.